The number of para-hydroxylation sites is 1. The Bertz CT molecular complexity index is 831. The van der Waals surface area contributed by atoms with Crippen LogP contribution in [0.4, 0.5) is 9.18 Å². The highest BCUT2D eigenvalue weighted by Crippen LogP contribution is 2.25. The number of carbonyl (C=O) groups excluding carboxylic acids is 2. The minimum atomic E-state index is -0.758. The number of methoxy groups -OCH3 is 1. The molecule has 1 aliphatic heterocycles. The lowest BCUT2D eigenvalue weighted by Gasteiger charge is -2.22. The molecule has 7 heteroatoms. The van der Waals surface area contributed by atoms with Crippen LogP contribution >= 0.6 is 0 Å². The van der Waals surface area contributed by atoms with Crippen LogP contribution in [0.25, 0.3) is 0 Å². The zero-order valence-corrected chi connectivity index (χ0v) is 16.3. The summed E-state index contributed by atoms with van der Waals surface area (Å²) in [7, 11) is 1.28. The maximum absolute atomic E-state index is 13.9. The van der Waals surface area contributed by atoms with E-state index in [0.717, 1.165) is 12.8 Å². The van der Waals surface area contributed by atoms with Crippen LogP contribution in [0.15, 0.2) is 54.6 Å². The molecule has 6 nitrogen and oxygen atoms in total. The van der Waals surface area contributed by atoms with Gasteiger partial charge in [0.2, 0.25) is 0 Å². The summed E-state index contributed by atoms with van der Waals surface area (Å²) >= 11 is 0. The molecule has 1 heterocycles. The third-order valence-electron chi connectivity index (χ3n) is 4.89. The molecule has 2 aromatic rings. The molecular weight excluding hydrogens is 375 g/mol. The second-order valence-corrected chi connectivity index (χ2v) is 6.92. The van der Waals surface area contributed by atoms with Crippen LogP contribution < -0.4 is 10.1 Å². The summed E-state index contributed by atoms with van der Waals surface area (Å²) in [6.07, 6.45) is 1.38. The third-order valence-corrected chi connectivity index (χ3v) is 4.89. The van der Waals surface area contributed by atoms with E-state index in [2.05, 4.69) is 5.32 Å². The Kier molecular flexibility index (Phi) is 7.05. The van der Waals surface area contributed by atoms with Gasteiger partial charge in [-0.25, -0.2) is 14.0 Å². The highest BCUT2D eigenvalue weighted by atomic mass is 19.1. The molecule has 29 heavy (non-hydrogen) atoms. The maximum Gasteiger partial charge on any atom is 0.328 e. The van der Waals surface area contributed by atoms with Crippen molar-refractivity contribution < 1.29 is 23.5 Å². The lowest BCUT2D eigenvalue weighted by atomic mass is 10.1. The van der Waals surface area contributed by atoms with Crippen molar-refractivity contribution in [2.75, 3.05) is 20.2 Å². The highest BCUT2D eigenvalue weighted by molar-refractivity contribution is 5.84. The van der Waals surface area contributed by atoms with Gasteiger partial charge in [0.15, 0.2) is 11.6 Å². The van der Waals surface area contributed by atoms with Gasteiger partial charge in [-0.1, -0.05) is 42.5 Å². The number of carbonyl (C=O) groups is 2. The van der Waals surface area contributed by atoms with Crippen molar-refractivity contribution in [1.82, 2.24) is 10.2 Å². The number of amides is 2. The topological polar surface area (TPSA) is 67.9 Å². The number of ether oxygens (including phenoxy) is 2. The average Bonchev–Trinajstić information content (AvgIpc) is 3.17. The van der Waals surface area contributed by atoms with E-state index in [0.29, 0.717) is 6.54 Å². The van der Waals surface area contributed by atoms with Crippen LogP contribution in [0.5, 0.6) is 5.75 Å². The molecule has 1 aliphatic rings. The number of esters is 1. The van der Waals surface area contributed by atoms with E-state index in [1.807, 2.05) is 30.3 Å². The van der Waals surface area contributed by atoms with Gasteiger partial charge in [-0.2, -0.15) is 0 Å². The number of benzene rings is 2. The Balaban J connectivity index is 1.55. The van der Waals surface area contributed by atoms with Crippen LogP contribution in [0.1, 0.15) is 18.4 Å². The molecule has 1 saturated heterocycles. The molecule has 0 aromatic heterocycles. The van der Waals surface area contributed by atoms with Gasteiger partial charge < -0.3 is 19.7 Å². The summed E-state index contributed by atoms with van der Waals surface area (Å²) in [5, 5.41) is 2.85. The highest BCUT2D eigenvalue weighted by Gasteiger charge is 2.41. The standard InChI is InChI=1S/C22H25FN2O4/c1-28-21(26)19-14-17(29-20-12-6-5-11-18(20)23)15-25(19)22(27)24-13-7-10-16-8-3-2-4-9-16/h2-6,8-9,11-12,17,19H,7,10,13-15H2,1H3,(H,24,27). The third kappa shape index (κ3) is 5.47. The van der Waals surface area contributed by atoms with E-state index < -0.39 is 23.9 Å². The smallest absolute Gasteiger partial charge is 0.328 e. The summed E-state index contributed by atoms with van der Waals surface area (Å²) in [6, 6.07) is 15.0. The van der Waals surface area contributed by atoms with Crippen molar-refractivity contribution in [2.24, 2.45) is 0 Å². The van der Waals surface area contributed by atoms with Gasteiger partial charge in [0.05, 0.1) is 13.7 Å². The first kappa shape index (κ1) is 20.6. The van der Waals surface area contributed by atoms with Crippen LogP contribution in [0.3, 0.4) is 0 Å². The molecule has 154 valence electrons. The molecule has 0 spiro atoms. The van der Waals surface area contributed by atoms with Crippen molar-refractivity contribution in [3.8, 4) is 5.75 Å². The Hall–Kier alpha value is -3.09. The summed E-state index contributed by atoms with van der Waals surface area (Å²) < 4.78 is 24.4. The lowest BCUT2D eigenvalue weighted by molar-refractivity contribution is -0.145. The van der Waals surface area contributed by atoms with Gasteiger partial charge in [0.1, 0.15) is 12.1 Å². The first-order chi connectivity index (χ1) is 14.1. The number of hydrogen-bond donors (Lipinski definition) is 1. The van der Waals surface area contributed by atoms with E-state index in [9.17, 15) is 14.0 Å². The number of nitrogens with zero attached hydrogens (tertiary/aromatic N) is 1. The Morgan fingerprint density at radius 1 is 1.14 bits per heavy atom. The van der Waals surface area contributed by atoms with Gasteiger partial charge in [-0.15, -0.1) is 0 Å². The predicted octanol–water partition coefficient (Wildman–Crippen LogP) is 3.16. The molecule has 2 amide bonds. The summed E-state index contributed by atoms with van der Waals surface area (Å²) in [6.45, 7) is 0.662. The van der Waals surface area contributed by atoms with Gasteiger partial charge in [-0.3, -0.25) is 0 Å². The van der Waals surface area contributed by atoms with E-state index in [1.165, 1.54) is 29.7 Å². The van der Waals surface area contributed by atoms with E-state index in [1.54, 1.807) is 12.1 Å². The maximum atomic E-state index is 13.9. The zero-order chi connectivity index (χ0) is 20.6. The number of urea groups is 1. The predicted molar refractivity (Wildman–Crippen MR) is 106 cm³/mol. The quantitative estimate of drug-likeness (QED) is 0.573. The van der Waals surface area contributed by atoms with Crippen molar-refractivity contribution in [3.63, 3.8) is 0 Å². The molecular formula is C22H25FN2O4. The molecule has 2 atom stereocenters. The van der Waals surface area contributed by atoms with Gasteiger partial charge in [-0.05, 0) is 30.5 Å². The second-order valence-electron chi connectivity index (χ2n) is 6.92. The Labute approximate surface area is 169 Å². The first-order valence-corrected chi connectivity index (χ1v) is 9.66. The summed E-state index contributed by atoms with van der Waals surface area (Å²) in [4.78, 5) is 26.2. The Morgan fingerprint density at radius 2 is 1.86 bits per heavy atom. The zero-order valence-electron chi connectivity index (χ0n) is 16.3. The molecule has 0 bridgehead atoms. The lowest BCUT2D eigenvalue weighted by Crippen LogP contribution is -2.46. The fraction of sp³-hybridized carbons (Fsp3) is 0.364. The number of nitrogens with one attached hydrogen (secondary N) is 1. The number of aryl methyl sites for hydroxylation is 1. The molecule has 2 aromatic carbocycles. The summed E-state index contributed by atoms with van der Waals surface area (Å²) in [5.74, 6) is -0.888. The normalized spacial score (nSPS) is 18.3. The molecule has 2 unspecified atom stereocenters. The number of halogens is 1. The molecule has 3 rings (SSSR count). The van der Waals surface area contributed by atoms with Crippen LogP contribution in [0, 0.1) is 5.82 Å². The van der Waals surface area contributed by atoms with Crippen molar-refractivity contribution in [2.45, 2.75) is 31.4 Å². The number of rotatable bonds is 7. The summed E-state index contributed by atoms with van der Waals surface area (Å²) in [5.41, 5.74) is 1.20. The van der Waals surface area contributed by atoms with Crippen LogP contribution in [-0.2, 0) is 16.0 Å². The number of hydrogen-bond acceptors (Lipinski definition) is 4. The van der Waals surface area contributed by atoms with Crippen LogP contribution in [-0.4, -0.2) is 49.2 Å². The van der Waals surface area contributed by atoms with Crippen molar-refractivity contribution in [1.29, 1.82) is 0 Å². The van der Waals surface area contributed by atoms with E-state index >= 15 is 0 Å². The van der Waals surface area contributed by atoms with E-state index in [4.69, 9.17) is 9.47 Å². The largest absolute Gasteiger partial charge is 0.485 e. The average molecular weight is 400 g/mol. The second kappa shape index (κ2) is 9.91. The van der Waals surface area contributed by atoms with Gasteiger partial charge in [0, 0.05) is 13.0 Å². The van der Waals surface area contributed by atoms with Gasteiger partial charge >= 0.3 is 12.0 Å². The molecule has 1 N–H and O–H groups in total. The molecule has 0 aliphatic carbocycles. The SMILES string of the molecule is COC(=O)C1CC(Oc2ccccc2F)CN1C(=O)NCCCc1ccccc1. The van der Waals surface area contributed by atoms with Crippen molar-refractivity contribution in [3.05, 3.63) is 66.0 Å². The fourth-order valence-corrected chi connectivity index (χ4v) is 3.42. The van der Waals surface area contributed by atoms with Gasteiger partial charge in [0.25, 0.3) is 0 Å². The Morgan fingerprint density at radius 3 is 2.59 bits per heavy atom. The molecule has 0 radical (unpaired) electrons. The first-order valence-electron chi connectivity index (χ1n) is 9.66. The molecule has 0 saturated carbocycles. The number of likely N-dealkylation sites (tertiary alicyclic amines) is 1. The monoisotopic (exact) mass is 400 g/mol. The fourth-order valence-electron chi connectivity index (χ4n) is 3.42. The molecule has 1 fully saturated rings. The van der Waals surface area contributed by atoms with E-state index in [-0.39, 0.29) is 24.7 Å². The minimum Gasteiger partial charge on any atom is -0.485 e. The van der Waals surface area contributed by atoms with Crippen LogP contribution in [0.2, 0.25) is 0 Å². The minimum absolute atomic E-state index is 0.103. The van der Waals surface area contributed by atoms with Crippen molar-refractivity contribution >= 4 is 12.0 Å².